The number of nitrogens with zero attached hydrogens (tertiary/aromatic N) is 1. The van der Waals surface area contributed by atoms with Crippen LogP contribution in [0.5, 0.6) is 0 Å². The molecule has 0 aliphatic rings. The predicted molar refractivity (Wildman–Crippen MR) is 94.1 cm³/mol. The van der Waals surface area contributed by atoms with E-state index >= 15 is 0 Å². The summed E-state index contributed by atoms with van der Waals surface area (Å²) in [6.07, 6.45) is 2.09. The highest BCUT2D eigenvalue weighted by Crippen LogP contribution is 2.25. The van der Waals surface area contributed by atoms with E-state index in [9.17, 15) is 19.7 Å². The van der Waals surface area contributed by atoms with E-state index in [4.69, 9.17) is 0 Å². The number of carbonyl (C=O) groups is 2. The number of nitro benzene ring substituents is 1. The lowest BCUT2D eigenvalue weighted by molar-refractivity contribution is -0.384. The summed E-state index contributed by atoms with van der Waals surface area (Å²) in [5, 5.41) is 16.8. The minimum atomic E-state index is -0.422. The zero-order chi connectivity index (χ0) is 18.4. The van der Waals surface area contributed by atoms with Crippen molar-refractivity contribution in [3.8, 4) is 0 Å². The molecule has 25 heavy (non-hydrogen) atoms. The van der Waals surface area contributed by atoms with E-state index in [1.807, 2.05) is 0 Å². The highest BCUT2D eigenvalue weighted by Gasteiger charge is 2.13. The summed E-state index contributed by atoms with van der Waals surface area (Å²) >= 11 is 0. The Labute approximate surface area is 144 Å². The maximum atomic E-state index is 11.9. The highest BCUT2D eigenvalue weighted by atomic mass is 16.6. The molecule has 1 amide bonds. The van der Waals surface area contributed by atoms with Crippen LogP contribution in [0.2, 0.25) is 0 Å². The second-order valence-electron chi connectivity index (χ2n) is 5.67. The van der Waals surface area contributed by atoms with Crippen LogP contribution >= 0.6 is 0 Å². The van der Waals surface area contributed by atoms with Crippen molar-refractivity contribution < 1.29 is 14.5 Å². The summed E-state index contributed by atoms with van der Waals surface area (Å²) in [6.45, 7) is 4.11. The van der Waals surface area contributed by atoms with E-state index in [1.165, 1.54) is 25.3 Å². The molecule has 0 saturated heterocycles. The molecule has 0 saturated carbocycles. The maximum Gasteiger partial charge on any atom is 0.292 e. The molecular formula is C17H20N4O4. The molecule has 0 spiro atoms. The number of Topliss-reactive ketones (excluding diaryl/α,β-unsaturated/α-hetero) is 1. The predicted octanol–water partition coefficient (Wildman–Crippen LogP) is 2.67. The normalized spacial score (nSPS) is 10.3. The summed E-state index contributed by atoms with van der Waals surface area (Å²) in [7, 11) is 0. The molecule has 1 aromatic heterocycles. The fourth-order valence-electron chi connectivity index (χ4n) is 2.28. The lowest BCUT2D eigenvalue weighted by Crippen LogP contribution is -2.26. The standard InChI is InChI=1S/C17H20N4O4/c1-11-4-5-14(16(8-11)21(24)25)18-6-3-7-19-17(23)15-9-13(10-20-15)12(2)22/h4-5,8-10,18,20H,3,6-7H2,1-2H3,(H,19,23). The van der Waals surface area contributed by atoms with Gasteiger partial charge in [-0.05, 0) is 38.0 Å². The number of aromatic amines is 1. The first-order valence-corrected chi connectivity index (χ1v) is 7.85. The van der Waals surface area contributed by atoms with Crippen LogP contribution in [0.4, 0.5) is 11.4 Å². The number of anilines is 1. The number of rotatable bonds is 8. The first-order chi connectivity index (χ1) is 11.9. The third kappa shape index (κ3) is 4.90. The Morgan fingerprint density at radius 3 is 2.64 bits per heavy atom. The van der Waals surface area contributed by atoms with E-state index in [0.717, 1.165) is 5.56 Å². The fourth-order valence-corrected chi connectivity index (χ4v) is 2.28. The number of amides is 1. The smallest absolute Gasteiger partial charge is 0.292 e. The zero-order valence-electron chi connectivity index (χ0n) is 14.1. The molecule has 2 rings (SSSR count). The largest absolute Gasteiger partial charge is 0.379 e. The quantitative estimate of drug-likeness (QED) is 0.294. The Bertz CT molecular complexity index is 798. The van der Waals surface area contributed by atoms with Gasteiger partial charge in [0, 0.05) is 30.9 Å². The summed E-state index contributed by atoms with van der Waals surface area (Å²) < 4.78 is 0. The van der Waals surface area contributed by atoms with Crippen molar-refractivity contribution in [3.05, 3.63) is 57.4 Å². The van der Waals surface area contributed by atoms with Gasteiger partial charge < -0.3 is 15.6 Å². The van der Waals surface area contributed by atoms with Gasteiger partial charge in [-0.2, -0.15) is 0 Å². The van der Waals surface area contributed by atoms with Crippen LogP contribution in [0, 0.1) is 17.0 Å². The number of aryl methyl sites for hydroxylation is 1. The Morgan fingerprint density at radius 1 is 1.24 bits per heavy atom. The molecule has 1 aromatic carbocycles. The summed E-state index contributed by atoms with van der Waals surface area (Å²) in [5.41, 5.74) is 2.09. The molecule has 8 heteroatoms. The van der Waals surface area contributed by atoms with Gasteiger partial charge in [0.2, 0.25) is 0 Å². The van der Waals surface area contributed by atoms with Gasteiger partial charge in [0.25, 0.3) is 11.6 Å². The van der Waals surface area contributed by atoms with Crippen LogP contribution in [-0.2, 0) is 0 Å². The molecule has 0 radical (unpaired) electrons. The second kappa shape index (κ2) is 8.09. The molecule has 0 aliphatic carbocycles. The third-order valence-electron chi connectivity index (χ3n) is 3.64. The van der Waals surface area contributed by atoms with E-state index in [1.54, 1.807) is 19.1 Å². The Balaban J connectivity index is 1.79. The number of ketones is 1. The van der Waals surface area contributed by atoms with Crippen LogP contribution in [0.15, 0.2) is 30.5 Å². The highest BCUT2D eigenvalue weighted by molar-refractivity contribution is 5.99. The minimum Gasteiger partial charge on any atom is -0.379 e. The van der Waals surface area contributed by atoms with Crippen molar-refractivity contribution in [1.82, 2.24) is 10.3 Å². The van der Waals surface area contributed by atoms with Crippen LogP contribution in [0.1, 0.15) is 39.8 Å². The van der Waals surface area contributed by atoms with Crippen LogP contribution in [-0.4, -0.2) is 34.7 Å². The fraction of sp³-hybridized carbons (Fsp3) is 0.294. The average Bonchev–Trinajstić information content (AvgIpc) is 3.05. The molecule has 0 bridgehead atoms. The zero-order valence-corrected chi connectivity index (χ0v) is 14.1. The van der Waals surface area contributed by atoms with E-state index in [2.05, 4.69) is 15.6 Å². The number of H-pyrrole nitrogens is 1. The topological polar surface area (TPSA) is 117 Å². The Kier molecular flexibility index (Phi) is 5.89. The number of hydrogen-bond donors (Lipinski definition) is 3. The number of hydrogen-bond acceptors (Lipinski definition) is 5. The third-order valence-corrected chi connectivity index (χ3v) is 3.64. The number of carbonyl (C=O) groups excluding carboxylic acids is 2. The van der Waals surface area contributed by atoms with Crippen LogP contribution in [0.3, 0.4) is 0 Å². The molecule has 1 heterocycles. The van der Waals surface area contributed by atoms with E-state index in [0.29, 0.717) is 36.5 Å². The number of nitro groups is 1. The van der Waals surface area contributed by atoms with Gasteiger partial charge in [0.1, 0.15) is 11.4 Å². The van der Waals surface area contributed by atoms with Crippen molar-refractivity contribution in [2.24, 2.45) is 0 Å². The van der Waals surface area contributed by atoms with Gasteiger partial charge in [-0.1, -0.05) is 6.07 Å². The van der Waals surface area contributed by atoms with Crippen molar-refractivity contribution >= 4 is 23.1 Å². The van der Waals surface area contributed by atoms with Crippen molar-refractivity contribution in [2.45, 2.75) is 20.3 Å². The van der Waals surface area contributed by atoms with E-state index in [-0.39, 0.29) is 17.4 Å². The average molecular weight is 344 g/mol. The van der Waals surface area contributed by atoms with Crippen LogP contribution < -0.4 is 10.6 Å². The number of aromatic nitrogens is 1. The molecule has 0 unspecified atom stereocenters. The monoisotopic (exact) mass is 344 g/mol. The molecular weight excluding hydrogens is 324 g/mol. The second-order valence-corrected chi connectivity index (χ2v) is 5.67. The molecule has 0 atom stereocenters. The first kappa shape index (κ1) is 18.2. The molecule has 0 aliphatic heterocycles. The first-order valence-electron chi connectivity index (χ1n) is 7.85. The minimum absolute atomic E-state index is 0.0344. The Hall–Kier alpha value is -3.16. The number of benzene rings is 1. The summed E-state index contributed by atoms with van der Waals surface area (Å²) in [6, 6.07) is 6.50. The molecule has 2 aromatic rings. The summed E-state index contributed by atoms with van der Waals surface area (Å²) in [5.74, 6) is -0.409. The summed E-state index contributed by atoms with van der Waals surface area (Å²) in [4.78, 5) is 36.5. The van der Waals surface area contributed by atoms with Gasteiger partial charge in [-0.3, -0.25) is 19.7 Å². The Morgan fingerprint density at radius 2 is 2.00 bits per heavy atom. The van der Waals surface area contributed by atoms with Crippen molar-refractivity contribution in [2.75, 3.05) is 18.4 Å². The van der Waals surface area contributed by atoms with E-state index < -0.39 is 4.92 Å². The molecule has 132 valence electrons. The number of nitrogens with one attached hydrogen (secondary N) is 3. The van der Waals surface area contributed by atoms with Gasteiger partial charge in [0.05, 0.1) is 4.92 Å². The SMILES string of the molecule is CC(=O)c1c[nH]c(C(=O)NCCCNc2ccc(C)cc2[N+](=O)[O-])c1. The molecule has 0 fully saturated rings. The van der Waals surface area contributed by atoms with Gasteiger partial charge >= 0.3 is 0 Å². The molecule has 3 N–H and O–H groups in total. The molecule has 8 nitrogen and oxygen atoms in total. The lowest BCUT2D eigenvalue weighted by atomic mass is 10.2. The van der Waals surface area contributed by atoms with Gasteiger partial charge in [-0.15, -0.1) is 0 Å². The van der Waals surface area contributed by atoms with Crippen molar-refractivity contribution in [1.29, 1.82) is 0 Å². The van der Waals surface area contributed by atoms with Crippen LogP contribution in [0.25, 0.3) is 0 Å². The maximum absolute atomic E-state index is 11.9. The van der Waals surface area contributed by atoms with Crippen molar-refractivity contribution in [3.63, 3.8) is 0 Å². The van der Waals surface area contributed by atoms with Gasteiger partial charge in [-0.25, -0.2) is 0 Å². The lowest BCUT2D eigenvalue weighted by Gasteiger charge is -2.08. The van der Waals surface area contributed by atoms with Gasteiger partial charge in [0.15, 0.2) is 5.78 Å².